The molecule has 0 radical (unpaired) electrons. The molecule has 0 spiro atoms. The van der Waals surface area contributed by atoms with Crippen molar-refractivity contribution in [1.82, 2.24) is 4.90 Å². The SMILES string of the molecule is CCCCOc1ccc(CN2CC(C(=O)O)CCC2C)cc1OC. The normalized spacial score (nSPS) is 21.5. The summed E-state index contributed by atoms with van der Waals surface area (Å²) in [5, 5.41) is 9.27. The molecule has 5 heteroatoms. The summed E-state index contributed by atoms with van der Waals surface area (Å²) in [7, 11) is 1.65. The fourth-order valence-corrected chi connectivity index (χ4v) is 3.09. The number of likely N-dealkylation sites (tertiary alicyclic amines) is 1. The van der Waals surface area contributed by atoms with Crippen molar-refractivity contribution in [2.24, 2.45) is 5.92 Å². The lowest BCUT2D eigenvalue weighted by Gasteiger charge is -2.36. The van der Waals surface area contributed by atoms with Gasteiger partial charge in [-0.25, -0.2) is 0 Å². The van der Waals surface area contributed by atoms with E-state index in [1.165, 1.54) is 0 Å². The maximum Gasteiger partial charge on any atom is 0.307 e. The zero-order valence-corrected chi connectivity index (χ0v) is 15.0. The van der Waals surface area contributed by atoms with Gasteiger partial charge in [-0.2, -0.15) is 0 Å². The maximum atomic E-state index is 11.3. The summed E-state index contributed by atoms with van der Waals surface area (Å²) < 4.78 is 11.2. The van der Waals surface area contributed by atoms with Crippen LogP contribution in [0.15, 0.2) is 18.2 Å². The van der Waals surface area contributed by atoms with Crippen LogP contribution in [0, 0.1) is 5.92 Å². The van der Waals surface area contributed by atoms with Crippen molar-refractivity contribution in [3.05, 3.63) is 23.8 Å². The van der Waals surface area contributed by atoms with Gasteiger partial charge in [-0.3, -0.25) is 9.69 Å². The number of aliphatic carboxylic acids is 1. The minimum absolute atomic E-state index is 0.264. The van der Waals surface area contributed by atoms with Gasteiger partial charge in [0.1, 0.15) is 0 Å². The predicted octanol–water partition coefficient (Wildman–Crippen LogP) is 3.56. The highest BCUT2D eigenvalue weighted by Gasteiger charge is 2.29. The van der Waals surface area contributed by atoms with Crippen molar-refractivity contribution in [3.8, 4) is 11.5 Å². The number of carboxylic acids is 1. The first-order chi connectivity index (χ1) is 11.5. The molecule has 1 heterocycles. The summed E-state index contributed by atoms with van der Waals surface area (Å²) in [5.74, 6) is 0.553. The van der Waals surface area contributed by atoms with E-state index in [1.54, 1.807) is 7.11 Å². The van der Waals surface area contributed by atoms with Crippen molar-refractivity contribution in [3.63, 3.8) is 0 Å². The van der Waals surface area contributed by atoms with E-state index in [0.29, 0.717) is 19.2 Å². The number of carbonyl (C=O) groups is 1. The molecule has 5 nitrogen and oxygen atoms in total. The molecule has 0 amide bonds. The van der Waals surface area contributed by atoms with Crippen molar-refractivity contribution in [2.45, 2.75) is 52.1 Å². The molecule has 2 rings (SSSR count). The summed E-state index contributed by atoms with van der Waals surface area (Å²) in [6.45, 7) is 6.32. The molecule has 24 heavy (non-hydrogen) atoms. The van der Waals surface area contributed by atoms with Crippen molar-refractivity contribution in [1.29, 1.82) is 0 Å². The highest BCUT2D eigenvalue weighted by molar-refractivity contribution is 5.70. The molecule has 0 aliphatic carbocycles. The van der Waals surface area contributed by atoms with Gasteiger partial charge in [0.05, 0.1) is 19.6 Å². The summed E-state index contributed by atoms with van der Waals surface area (Å²) in [5.41, 5.74) is 1.12. The summed E-state index contributed by atoms with van der Waals surface area (Å²) >= 11 is 0. The molecule has 1 N–H and O–H groups in total. The Morgan fingerprint density at radius 3 is 2.79 bits per heavy atom. The highest BCUT2D eigenvalue weighted by Crippen LogP contribution is 2.30. The number of ether oxygens (including phenoxy) is 2. The van der Waals surface area contributed by atoms with Gasteiger partial charge in [-0.1, -0.05) is 19.4 Å². The van der Waals surface area contributed by atoms with E-state index in [-0.39, 0.29) is 5.92 Å². The molecular formula is C19H29NO4. The van der Waals surface area contributed by atoms with Gasteiger partial charge in [0.2, 0.25) is 0 Å². The number of methoxy groups -OCH3 is 1. The third-order valence-corrected chi connectivity index (χ3v) is 4.73. The minimum Gasteiger partial charge on any atom is -0.493 e. The van der Waals surface area contributed by atoms with Crippen LogP contribution in [0.1, 0.15) is 45.1 Å². The Morgan fingerprint density at radius 1 is 1.33 bits per heavy atom. The number of carboxylic acid groups (broad SMARTS) is 1. The Hall–Kier alpha value is -1.75. The van der Waals surface area contributed by atoms with Crippen LogP contribution in [-0.2, 0) is 11.3 Å². The first kappa shape index (κ1) is 18.6. The molecule has 2 atom stereocenters. The Bertz CT molecular complexity index is 546. The van der Waals surface area contributed by atoms with Crippen LogP contribution in [0.3, 0.4) is 0 Å². The fraction of sp³-hybridized carbons (Fsp3) is 0.632. The van der Waals surface area contributed by atoms with E-state index in [4.69, 9.17) is 9.47 Å². The Labute approximate surface area is 144 Å². The Balaban J connectivity index is 2.04. The van der Waals surface area contributed by atoms with Gasteiger partial charge in [0, 0.05) is 19.1 Å². The lowest BCUT2D eigenvalue weighted by atomic mass is 9.93. The first-order valence-corrected chi connectivity index (χ1v) is 8.81. The summed E-state index contributed by atoms with van der Waals surface area (Å²) in [6, 6.07) is 6.39. The smallest absolute Gasteiger partial charge is 0.307 e. The van der Waals surface area contributed by atoms with Gasteiger partial charge >= 0.3 is 5.97 Å². The number of benzene rings is 1. The second-order valence-electron chi connectivity index (χ2n) is 6.58. The van der Waals surface area contributed by atoms with Crippen molar-refractivity contribution in [2.75, 3.05) is 20.3 Å². The van der Waals surface area contributed by atoms with Crippen LogP contribution >= 0.6 is 0 Å². The molecule has 1 aliphatic rings. The van der Waals surface area contributed by atoms with Crippen LogP contribution in [-0.4, -0.2) is 42.3 Å². The van der Waals surface area contributed by atoms with Gasteiger partial charge in [-0.15, -0.1) is 0 Å². The van der Waals surface area contributed by atoms with E-state index in [1.807, 2.05) is 18.2 Å². The second-order valence-corrected chi connectivity index (χ2v) is 6.58. The van der Waals surface area contributed by atoms with Crippen LogP contribution in [0.4, 0.5) is 0 Å². The molecule has 2 unspecified atom stereocenters. The molecule has 0 saturated carbocycles. The number of unbranched alkanes of at least 4 members (excludes halogenated alkanes) is 1. The van der Waals surface area contributed by atoms with E-state index < -0.39 is 5.97 Å². The van der Waals surface area contributed by atoms with Crippen molar-refractivity contribution < 1.29 is 19.4 Å². The number of hydrogen-bond acceptors (Lipinski definition) is 4. The van der Waals surface area contributed by atoms with Gasteiger partial charge in [-0.05, 0) is 43.9 Å². The quantitative estimate of drug-likeness (QED) is 0.736. The lowest BCUT2D eigenvalue weighted by Crippen LogP contribution is -2.43. The summed E-state index contributed by atoms with van der Waals surface area (Å²) in [4.78, 5) is 13.5. The maximum absolute atomic E-state index is 11.3. The Morgan fingerprint density at radius 2 is 2.12 bits per heavy atom. The topological polar surface area (TPSA) is 59.0 Å². The van der Waals surface area contributed by atoms with Crippen molar-refractivity contribution >= 4 is 5.97 Å². The minimum atomic E-state index is -0.691. The first-order valence-electron chi connectivity index (χ1n) is 8.81. The van der Waals surface area contributed by atoms with E-state index >= 15 is 0 Å². The molecule has 1 fully saturated rings. The monoisotopic (exact) mass is 335 g/mol. The third-order valence-electron chi connectivity index (χ3n) is 4.73. The molecule has 1 saturated heterocycles. The molecule has 1 aliphatic heterocycles. The standard InChI is InChI=1S/C19H29NO4/c1-4-5-10-24-17-9-7-15(11-18(17)23-3)12-20-13-16(19(21)22)8-6-14(20)2/h7,9,11,14,16H,4-6,8,10,12-13H2,1-3H3,(H,21,22). The van der Waals surface area contributed by atoms with Crippen LogP contribution in [0.2, 0.25) is 0 Å². The zero-order valence-electron chi connectivity index (χ0n) is 15.0. The molecule has 0 aromatic heterocycles. The van der Waals surface area contributed by atoms with E-state index in [0.717, 1.165) is 49.3 Å². The average molecular weight is 335 g/mol. The zero-order chi connectivity index (χ0) is 17.5. The number of rotatable bonds is 8. The predicted molar refractivity (Wildman–Crippen MR) is 93.6 cm³/mol. The highest BCUT2D eigenvalue weighted by atomic mass is 16.5. The second kappa shape index (κ2) is 8.92. The largest absolute Gasteiger partial charge is 0.493 e. The lowest BCUT2D eigenvalue weighted by molar-refractivity contribution is -0.144. The number of hydrogen-bond donors (Lipinski definition) is 1. The summed E-state index contributed by atoms with van der Waals surface area (Å²) in [6.07, 6.45) is 3.80. The third kappa shape index (κ3) is 4.87. The van der Waals surface area contributed by atoms with E-state index in [9.17, 15) is 9.90 Å². The average Bonchev–Trinajstić information content (AvgIpc) is 2.57. The van der Waals surface area contributed by atoms with Crippen LogP contribution in [0.25, 0.3) is 0 Å². The van der Waals surface area contributed by atoms with E-state index in [2.05, 4.69) is 18.7 Å². The molecule has 134 valence electrons. The fourth-order valence-electron chi connectivity index (χ4n) is 3.09. The number of piperidine rings is 1. The molecule has 0 bridgehead atoms. The van der Waals surface area contributed by atoms with Gasteiger partial charge < -0.3 is 14.6 Å². The number of nitrogens with zero attached hydrogens (tertiary/aromatic N) is 1. The van der Waals surface area contributed by atoms with Crippen LogP contribution in [0.5, 0.6) is 11.5 Å². The van der Waals surface area contributed by atoms with Gasteiger partial charge in [0.15, 0.2) is 11.5 Å². The molecule has 1 aromatic carbocycles. The Kier molecular flexibility index (Phi) is 6.91. The molecule has 1 aromatic rings. The molecular weight excluding hydrogens is 306 g/mol. The van der Waals surface area contributed by atoms with Gasteiger partial charge in [0.25, 0.3) is 0 Å². The van der Waals surface area contributed by atoms with Crippen LogP contribution < -0.4 is 9.47 Å².